The van der Waals surface area contributed by atoms with E-state index in [1.165, 1.54) is 0 Å². The van der Waals surface area contributed by atoms with Crippen LogP contribution in [0.2, 0.25) is 0 Å². The minimum atomic E-state index is -0.512. The van der Waals surface area contributed by atoms with Crippen LogP contribution in [0.3, 0.4) is 0 Å². The topological polar surface area (TPSA) is 72.7 Å². The maximum Gasteiger partial charge on any atom is 0.410 e. The van der Waals surface area contributed by atoms with Gasteiger partial charge in [0.2, 0.25) is 0 Å². The number of nitrogens with zero attached hydrogens (tertiary/aromatic N) is 2. The Morgan fingerprint density at radius 1 is 1.29 bits per heavy atom. The summed E-state index contributed by atoms with van der Waals surface area (Å²) in [5.41, 5.74) is 0.344. The molecule has 1 aromatic rings. The first-order valence-electron chi connectivity index (χ1n) is 8.24. The van der Waals surface area contributed by atoms with Crippen molar-refractivity contribution in [1.29, 1.82) is 0 Å². The zero-order valence-electron chi connectivity index (χ0n) is 15.0. The quantitative estimate of drug-likeness (QED) is 0.590. The van der Waals surface area contributed by atoms with E-state index in [1.54, 1.807) is 17.0 Å². The monoisotopic (exact) mass is 334 g/mol. The Morgan fingerprint density at radius 3 is 2.33 bits per heavy atom. The highest BCUT2D eigenvalue weighted by atomic mass is 16.6. The van der Waals surface area contributed by atoms with Gasteiger partial charge in [-0.05, 0) is 58.9 Å². The molecule has 2 rings (SSSR count). The van der Waals surface area contributed by atoms with Gasteiger partial charge in [-0.15, -0.1) is 0 Å². The lowest BCUT2D eigenvalue weighted by molar-refractivity contribution is -0.384. The standard InChI is InChI=1S/C18H26N2O4/c1-17(2,3)24-16(21)19-11-10-14(12-18(19,4)5)13-6-8-15(9-7-13)20(22)23/h6-9,14H,10-12H2,1-5H3. The average molecular weight is 334 g/mol. The van der Waals surface area contributed by atoms with Gasteiger partial charge in [0.25, 0.3) is 5.69 Å². The molecular weight excluding hydrogens is 308 g/mol. The van der Waals surface area contributed by atoms with Gasteiger partial charge in [0, 0.05) is 24.2 Å². The first kappa shape index (κ1) is 18.2. The summed E-state index contributed by atoms with van der Waals surface area (Å²) < 4.78 is 5.51. The van der Waals surface area contributed by atoms with Gasteiger partial charge in [0.05, 0.1) is 4.92 Å². The molecular formula is C18H26N2O4. The van der Waals surface area contributed by atoms with Gasteiger partial charge < -0.3 is 9.64 Å². The van der Waals surface area contributed by atoms with E-state index in [2.05, 4.69) is 0 Å². The molecule has 132 valence electrons. The Morgan fingerprint density at radius 2 is 1.88 bits per heavy atom. The number of non-ortho nitro benzene ring substituents is 1. The van der Waals surface area contributed by atoms with Crippen LogP contribution in [0.15, 0.2) is 24.3 Å². The van der Waals surface area contributed by atoms with Crippen molar-refractivity contribution in [3.05, 3.63) is 39.9 Å². The Hall–Kier alpha value is -2.11. The van der Waals surface area contributed by atoms with Gasteiger partial charge in [-0.2, -0.15) is 0 Å². The highest BCUT2D eigenvalue weighted by Gasteiger charge is 2.40. The molecule has 24 heavy (non-hydrogen) atoms. The highest BCUT2D eigenvalue weighted by Crippen LogP contribution is 2.38. The predicted octanol–water partition coefficient (Wildman–Crippen LogP) is 4.49. The van der Waals surface area contributed by atoms with E-state index in [-0.39, 0.29) is 23.2 Å². The van der Waals surface area contributed by atoms with Crippen molar-refractivity contribution in [2.75, 3.05) is 6.54 Å². The minimum Gasteiger partial charge on any atom is -0.444 e. The molecule has 0 N–H and O–H groups in total. The number of hydrogen-bond acceptors (Lipinski definition) is 4. The summed E-state index contributed by atoms with van der Waals surface area (Å²) >= 11 is 0. The maximum absolute atomic E-state index is 12.4. The SMILES string of the molecule is CC(C)(C)OC(=O)N1CCC(c2ccc([N+](=O)[O-])cc2)CC1(C)C. The van der Waals surface area contributed by atoms with E-state index >= 15 is 0 Å². The van der Waals surface area contributed by atoms with E-state index in [9.17, 15) is 14.9 Å². The van der Waals surface area contributed by atoms with Crippen LogP contribution in [0.25, 0.3) is 0 Å². The van der Waals surface area contributed by atoms with Crippen LogP contribution in [-0.4, -0.2) is 33.6 Å². The second-order valence-corrected chi connectivity index (χ2v) is 7.98. The third kappa shape index (κ3) is 4.24. The number of likely N-dealkylation sites (tertiary alicyclic amines) is 1. The Kier molecular flexibility index (Phi) is 4.87. The lowest BCUT2D eigenvalue weighted by Gasteiger charge is -2.45. The predicted molar refractivity (Wildman–Crippen MR) is 92.1 cm³/mol. The second-order valence-electron chi connectivity index (χ2n) is 7.98. The molecule has 1 unspecified atom stereocenters. The number of ether oxygens (including phenoxy) is 1. The Labute approximate surface area is 142 Å². The fraction of sp³-hybridized carbons (Fsp3) is 0.611. The average Bonchev–Trinajstić information content (AvgIpc) is 2.44. The van der Waals surface area contributed by atoms with E-state index in [0.29, 0.717) is 6.54 Å². The number of amides is 1. The highest BCUT2D eigenvalue weighted by molar-refractivity contribution is 5.69. The molecule has 0 saturated carbocycles. The van der Waals surface area contributed by atoms with Crippen LogP contribution < -0.4 is 0 Å². The number of nitro groups is 1. The molecule has 1 atom stereocenters. The number of rotatable bonds is 2. The van der Waals surface area contributed by atoms with Gasteiger partial charge >= 0.3 is 6.09 Å². The summed E-state index contributed by atoms with van der Waals surface area (Å²) in [4.78, 5) is 24.6. The molecule has 1 aliphatic heterocycles. The zero-order valence-corrected chi connectivity index (χ0v) is 15.0. The molecule has 1 aliphatic rings. The van der Waals surface area contributed by atoms with Crippen LogP contribution in [0.1, 0.15) is 58.9 Å². The van der Waals surface area contributed by atoms with Crippen molar-refractivity contribution in [2.24, 2.45) is 0 Å². The van der Waals surface area contributed by atoms with Crippen molar-refractivity contribution in [3.63, 3.8) is 0 Å². The first-order chi connectivity index (χ1) is 11.0. The molecule has 1 heterocycles. The van der Waals surface area contributed by atoms with Crippen molar-refractivity contribution < 1.29 is 14.5 Å². The molecule has 6 heteroatoms. The summed E-state index contributed by atoms with van der Waals surface area (Å²) in [6.45, 7) is 10.3. The van der Waals surface area contributed by atoms with Gasteiger partial charge in [-0.1, -0.05) is 12.1 Å². The van der Waals surface area contributed by atoms with Crippen LogP contribution in [-0.2, 0) is 4.74 Å². The van der Waals surface area contributed by atoms with E-state index < -0.39 is 10.5 Å². The summed E-state index contributed by atoms with van der Waals surface area (Å²) in [7, 11) is 0. The van der Waals surface area contributed by atoms with Gasteiger partial charge in [-0.25, -0.2) is 4.79 Å². The molecule has 1 aromatic carbocycles. The number of piperidine rings is 1. The molecule has 1 amide bonds. The largest absolute Gasteiger partial charge is 0.444 e. The van der Waals surface area contributed by atoms with Gasteiger partial charge in [-0.3, -0.25) is 10.1 Å². The molecule has 0 aliphatic carbocycles. The lowest BCUT2D eigenvalue weighted by atomic mass is 9.79. The minimum absolute atomic E-state index is 0.101. The third-order valence-electron chi connectivity index (χ3n) is 4.37. The van der Waals surface area contributed by atoms with Crippen LogP contribution in [0, 0.1) is 10.1 Å². The van der Waals surface area contributed by atoms with Crippen molar-refractivity contribution in [2.45, 2.75) is 64.5 Å². The summed E-state index contributed by atoms with van der Waals surface area (Å²) in [5.74, 6) is 0.277. The van der Waals surface area contributed by atoms with Gasteiger partial charge in [0.1, 0.15) is 5.60 Å². The number of benzene rings is 1. The number of carbonyl (C=O) groups excluding carboxylic acids is 1. The van der Waals surface area contributed by atoms with Crippen LogP contribution in [0.4, 0.5) is 10.5 Å². The van der Waals surface area contributed by atoms with Crippen LogP contribution in [0.5, 0.6) is 0 Å². The third-order valence-corrected chi connectivity index (χ3v) is 4.37. The molecule has 1 saturated heterocycles. The first-order valence-corrected chi connectivity index (χ1v) is 8.24. The Balaban J connectivity index is 2.10. The normalized spacial score (nSPS) is 20.5. The van der Waals surface area contributed by atoms with Crippen LogP contribution >= 0.6 is 0 Å². The van der Waals surface area contributed by atoms with Crippen molar-refractivity contribution >= 4 is 11.8 Å². The number of carbonyl (C=O) groups is 1. The fourth-order valence-corrected chi connectivity index (χ4v) is 3.21. The Bertz CT molecular complexity index is 617. The molecule has 0 aromatic heterocycles. The second kappa shape index (κ2) is 6.42. The summed E-state index contributed by atoms with van der Waals surface area (Å²) in [5, 5.41) is 10.8. The van der Waals surface area contributed by atoms with E-state index in [4.69, 9.17) is 4.74 Å². The van der Waals surface area contributed by atoms with E-state index in [0.717, 1.165) is 18.4 Å². The fourth-order valence-electron chi connectivity index (χ4n) is 3.21. The summed E-state index contributed by atoms with van der Waals surface area (Å²) in [6, 6.07) is 6.73. The lowest BCUT2D eigenvalue weighted by Crippen LogP contribution is -2.53. The molecule has 6 nitrogen and oxygen atoms in total. The number of hydrogen-bond donors (Lipinski definition) is 0. The maximum atomic E-state index is 12.4. The molecule has 1 fully saturated rings. The molecule has 0 radical (unpaired) electrons. The zero-order chi connectivity index (χ0) is 18.1. The van der Waals surface area contributed by atoms with Gasteiger partial charge in [0.15, 0.2) is 0 Å². The summed E-state index contributed by atoms with van der Waals surface area (Å²) in [6.07, 6.45) is 1.33. The van der Waals surface area contributed by atoms with Crippen molar-refractivity contribution in [3.8, 4) is 0 Å². The van der Waals surface area contributed by atoms with E-state index in [1.807, 2.05) is 46.8 Å². The molecule has 0 spiro atoms. The van der Waals surface area contributed by atoms with Crippen molar-refractivity contribution in [1.82, 2.24) is 4.90 Å². The number of nitro benzene ring substituents is 1. The smallest absolute Gasteiger partial charge is 0.410 e. The molecule has 0 bridgehead atoms.